The molecule has 0 saturated carbocycles. The zero-order valence-corrected chi connectivity index (χ0v) is 24.0. The van der Waals surface area contributed by atoms with Crippen LogP contribution in [0.25, 0.3) is 22.0 Å². The molecule has 1 aliphatic heterocycles. The molecule has 1 amide bonds. The van der Waals surface area contributed by atoms with Gasteiger partial charge >= 0.3 is 0 Å². The van der Waals surface area contributed by atoms with Gasteiger partial charge in [-0.15, -0.1) is 0 Å². The largest absolute Gasteiger partial charge is 0.495 e. The van der Waals surface area contributed by atoms with E-state index in [0.29, 0.717) is 28.3 Å². The predicted molar refractivity (Wildman–Crippen MR) is 157 cm³/mol. The maximum atomic E-state index is 12.3. The first-order valence-electron chi connectivity index (χ1n) is 12.9. The third-order valence-electron chi connectivity index (χ3n) is 7.01. The Hall–Kier alpha value is -2.87. The number of hydrogen-bond donors (Lipinski definition) is 0. The van der Waals surface area contributed by atoms with Crippen LogP contribution in [-0.2, 0) is 4.79 Å². The monoisotopic (exact) mass is 555 g/mol. The molecule has 1 unspecified atom stereocenters. The molecule has 1 aromatic heterocycles. The number of methoxy groups -OCH3 is 1. The van der Waals surface area contributed by atoms with Crippen molar-refractivity contribution in [3.8, 4) is 16.9 Å². The smallest absolute Gasteiger partial charge is 0.246 e. The second kappa shape index (κ2) is 12.3. The van der Waals surface area contributed by atoms with Crippen LogP contribution in [0, 0.1) is 6.92 Å². The molecule has 0 aliphatic carbocycles. The number of rotatable bonds is 9. The summed E-state index contributed by atoms with van der Waals surface area (Å²) in [5.74, 6) is 1.23. The van der Waals surface area contributed by atoms with E-state index in [2.05, 4.69) is 30.5 Å². The molecule has 0 N–H and O–H groups in total. The van der Waals surface area contributed by atoms with E-state index in [0.717, 1.165) is 66.5 Å². The van der Waals surface area contributed by atoms with E-state index < -0.39 is 0 Å². The lowest BCUT2D eigenvalue weighted by Crippen LogP contribution is -2.50. The highest BCUT2D eigenvalue weighted by Crippen LogP contribution is 2.43. The van der Waals surface area contributed by atoms with Crippen molar-refractivity contribution in [3.63, 3.8) is 0 Å². The van der Waals surface area contributed by atoms with Crippen LogP contribution in [0.2, 0.25) is 10.0 Å². The van der Waals surface area contributed by atoms with E-state index >= 15 is 0 Å². The van der Waals surface area contributed by atoms with Gasteiger partial charge < -0.3 is 19.4 Å². The number of fused-ring (bicyclic) bond motifs is 1. The topological polar surface area (TPSA) is 61.8 Å². The van der Waals surface area contributed by atoms with Gasteiger partial charge in [-0.1, -0.05) is 35.8 Å². The molecule has 2 heterocycles. The van der Waals surface area contributed by atoms with Gasteiger partial charge in [-0.3, -0.25) is 4.79 Å². The highest BCUT2D eigenvalue weighted by atomic mass is 35.5. The molecular formula is C29H35Cl2N5O2. The Morgan fingerprint density at radius 2 is 2.03 bits per heavy atom. The number of carbonyl (C=O) groups excluding carboxylic acids is 1. The summed E-state index contributed by atoms with van der Waals surface area (Å²) in [6.07, 6.45) is 6.13. The van der Waals surface area contributed by atoms with Crippen LogP contribution < -0.4 is 9.64 Å². The van der Waals surface area contributed by atoms with Crippen molar-refractivity contribution >= 4 is 46.0 Å². The number of anilines is 1. The van der Waals surface area contributed by atoms with Gasteiger partial charge in [-0.25, -0.2) is 9.97 Å². The number of aromatic nitrogens is 2. The molecule has 0 spiro atoms. The van der Waals surface area contributed by atoms with Crippen LogP contribution in [0.15, 0.2) is 43.1 Å². The van der Waals surface area contributed by atoms with E-state index in [9.17, 15) is 4.79 Å². The Kier molecular flexibility index (Phi) is 9.13. The average Bonchev–Trinajstić information content (AvgIpc) is 2.92. The molecule has 1 atom stereocenters. The van der Waals surface area contributed by atoms with Crippen molar-refractivity contribution in [1.29, 1.82) is 0 Å². The minimum Gasteiger partial charge on any atom is -0.495 e. The van der Waals surface area contributed by atoms with Gasteiger partial charge in [0.15, 0.2) is 0 Å². The van der Waals surface area contributed by atoms with Gasteiger partial charge in [-0.2, -0.15) is 0 Å². The number of nitrogens with zero attached hydrogens (tertiary/aromatic N) is 5. The van der Waals surface area contributed by atoms with Crippen molar-refractivity contribution in [2.45, 2.75) is 32.2 Å². The quantitative estimate of drug-likeness (QED) is 0.308. The zero-order chi connectivity index (χ0) is 27.4. The maximum absolute atomic E-state index is 12.3. The predicted octanol–water partition coefficient (Wildman–Crippen LogP) is 5.86. The van der Waals surface area contributed by atoms with Crippen molar-refractivity contribution < 1.29 is 9.53 Å². The average molecular weight is 557 g/mol. The second-order valence-electron chi connectivity index (χ2n) is 9.98. The van der Waals surface area contributed by atoms with E-state index in [-0.39, 0.29) is 11.9 Å². The number of piperidine rings is 1. The number of carbonyl (C=O) groups is 1. The number of benzene rings is 2. The fourth-order valence-electron chi connectivity index (χ4n) is 5.00. The Morgan fingerprint density at radius 3 is 2.74 bits per heavy atom. The van der Waals surface area contributed by atoms with Gasteiger partial charge in [0.25, 0.3) is 0 Å². The van der Waals surface area contributed by atoms with E-state index in [1.54, 1.807) is 7.11 Å². The highest BCUT2D eigenvalue weighted by Gasteiger charge is 2.28. The van der Waals surface area contributed by atoms with E-state index in [1.807, 2.05) is 42.3 Å². The van der Waals surface area contributed by atoms with Crippen LogP contribution in [0.1, 0.15) is 24.8 Å². The molecule has 4 rings (SSSR count). The van der Waals surface area contributed by atoms with Gasteiger partial charge in [0.2, 0.25) is 11.9 Å². The summed E-state index contributed by atoms with van der Waals surface area (Å²) in [5, 5.41) is 1.96. The number of hydrogen-bond acceptors (Lipinski definition) is 6. The van der Waals surface area contributed by atoms with Gasteiger partial charge in [0, 0.05) is 42.8 Å². The second-order valence-corrected chi connectivity index (χ2v) is 10.7. The molecule has 0 radical (unpaired) electrons. The third kappa shape index (κ3) is 6.06. The van der Waals surface area contributed by atoms with E-state index in [4.69, 9.17) is 37.9 Å². The van der Waals surface area contributed by atoms with Crippen LogP contribution in [0.3, 0.4) is 0 Å². The summed E-state index contributed by atoms with van der Waals surface area (Å²) < 4.78 is 5.45. The molecule has 1 fully saturated rings. The van der Waals surface area contributed by atoms with Crippen molar-refractivity contribution in [2.24, 2.45) is 0 Å². The lowest BCUT2D eigenvalue weighted by molar-refractivity contribution is -0.127. The zero-order valence-electron chi connectivity index (χ0n) is 22.5. The Labute approximate surface area is 235 Å². The minimum absolute atomic E-state index is 0.0278. The molecule has 202 valence electrons. The number of ether oxygens (including phenoxy) is 1. The first-order chi connectivity index (χ1) is 18.2. The van der Waals surface area contributed by atoms with Crippen LogP contribution >= 0.6 is 23.2 Å². The molecule has 3 aromatic rings. The summed E-state index contributed by atoms with van der Waals surface area (Å²) >= 11 is 13.3. The fraction of sp³-hybridized carbons (Fsp3) is 0.414. The van der Waals surface area contributed by atoms with Crippen molar-refractivity contribution in [3.05, 3.63) is 58.7 Å². The van der Waals surface area contributed by atoms with Crippen molar-refractivity contribution in [1.82, 2.24) is 19.8 Å². The number of amides is 1. The maximum Gasteiger partial charge on any atom is 0.246 e. The number of aryl methyl sites for hydroxylation is 1. The summed E-state index contributed by atoms with van der Waals surface area (Å²) in [5.41, 5.74) is 3.33. The molecular weight excluding hydrogens is 521 g/mol. The molecule has 1 aliphatic rings. The lowest BCUT2D eigenvalue weighted by atomic mass is 10.0. The summed E-state index contributed by atoms with van der Waals surface area (Å²) in [6, 6.07) is 7.94. The Morgan fingerprint density at radius 1 is 1.24 bits per heavy atom. The van der Waals surface area contributed by atoms with Crippen LogP contribution in [0.4, 0.5) is 5.95 Å². The van der Waals surface area contributed by atoms with Crippen molar-refractivity contribution in [2.75, 3.05) is 52.3 Å². The molecule has 0 bridgehead atoms. The summed E-state index contributed by atoms with van der Waals surface area (Å²) in [6.45, 7) is 8.74. The fourth-order valence-corrected chi connectivity index (χ4v) is 5.64. The lowest BCUT2D eigenvalue weighted by Gasteiger charge is -2.39. The first-order valence-corrected chi connectivity index (χ1v) is 13.6. The van der Waals surface area contributed by atoms with E-state index in [1.165, 1.54) is 6.08 Å². The molecule has 9 heteroatoms. The first kappa shape index (κ1) is 28.1. The summed E-state index contributed by atoms with van der Waals surface area (Å²) in [4.78, 5) is 28.4. The SMILES string of the molecule is C=CC(=O)N1CCCC(N(CCCN(C)C)c2ncc3cc(-c4c(Cl)c(C)cc(OC)c4Cl)ccc3n2)C1. The van der Waals surface area contributed by atoms with Gasteiger partial charge in [0.05, 0.1) is 22.7 Å². The number of likely N-dealkylation sites (tertiary alicyclic amines) is 1. The van der Waals surface area contributed by atoms with Crippen LogP contribution in [0.5, 0.6) is 5.75 Å². The van der Waals surface area contributed by atoms with Crippen LogP contribution in [-0.4, -0.2) is 79.1 Å². The molecule has 7 nitrogen and oxygen atoms in total. The minimum atomic E-state index is -0.0278. The Balaban J connectivity index is 1.68. The highest BCUT2D eigenvalue weighted by molar-refractivity contribution is 6.40. The molecule has 38 heavy (non-hydrogen) atoms. The number of halogens is 2. The van der Waals surface area contributed by atoms with Gasteiger partial charge in [-0.05, 0) is 82.2 Å². The van der Waals surface area contributed by atoms with Gasteiger partial charge in [0.1, 0.15) is 5.75 Å². The standard InChI is InChI=1S/C29H35Cl2N5O2/c1-6-25(37)35-13-7-9-22(18-35)36(14-8-12-34(3)4)29-32-17-21-16-20(10-11-23(21)33-29)26-27(30)19(2)15-24(38-5)28(26)31/h6,10-11,15-17,22H,1,7-9,12-14,18H2,2-5H3. The molecule has 2 aromatic carbocycles. The third-order valence-corrected chi connectivity index (χ3v) is 7.87. The summed E-state index contributed by atoms with van der Waals surface area (Å²) in [7, 11) is 5.74. The Bertz CT molecular complexity index is 1330. The molecule has 1 saturated heterocycles. The normalized spacial score (nSPS) is 15.7.